The van der Waals surface area contributed by atoms with E-state index in [0.717, 1.165) is 11.2 Å². The highest BCUT2D eigenvalue weighted by Crippen LogP contribution is 2.25. The van der Waals surface area contributed by atoms with Gasteiger partial charge in [0.1, 0.15) is 0 Å². The molecule has 0 amide bonds. The minimum atomic E-state index is 0.161. The number of rotatable bonds is 1. The lowest BCUT2D eigenvalue weighted by Gasteiger charge is -2.19. The number of aromatic nitrogens is 1. The van der Waals surface area contributed by atoms with Crippen molar-refractivity contribution in [1.29, 1.82) is 0 Å². The van der Waals surface area contributed by atoms with E-state index in [4.69, 9.17) is 5.73 Å². The zero-order valence-electron chi connectivity index (χ0n) is 10.1. The summed E-state index contributed by atoms with van der Waals surface area (Å²) in [5, 5.41) is 1.17. The van der Waals surface area contributed by atoms with E-state index < -0.39 is 0 Å². The predicted octanol–water partition coefficient (Wildman–Crippen LogP) is 2.99. The average molecular weight is 214 g/mol. The second-order valence-electron chi connectivity index (χ2n) is 5.16. The smallest absolute Gasteiger partial charge is 0.0708 e. The van der Waals surface area contributed by atoms with Crippen LogP contribution in [0, 0.1) is 0 Å². The van der Waals surface area contributed by atoms with E-state index in [1.165, 1.54) is 10.9 Å². The Bertz CT molecular complexity index is 510. The first-order valence-electron chi connectivity index (χ1n) is 5.61. The second kappa shape index (κ2) is 3.87. The van der Waals surface area contributed by atoms with Gasteiger partial charge in [-0.25, -0.2) is 0 Å². The van der Waals surface area contributed by atoms with Gasteiger partial charge in [-0.15, -0.1) is 0 Å². The molecule has 0 atom stereocenters. The van der Waals surface area contributed by atoms with Crippen LogP contribution in [-0.2, 0) is 12.0 Å². The first kappa shape index (κ1) is 11.1. The zero-order valence-corrected chi connectivity index (χ0v) is 10.1. The number of fused-ring (bicyclic) bond motifs is 1. The molecular formula is C14H18N2. The monoisotopic (exact) mass is 214 g/mol. The normalized spacial score (nSPS) is 12.0. The maximum atomic E-state index is 5.60. The summed E-state index contributed by atoms with van der Waals surface area (Å²) in [5.41, 5.74) is 9.05. The highest BCUT2D eigenvalue weighted by atomic mass is 14.7. The van der Waals surface area contributed by atoms with Crippen molar-refractivity contribution < 1.29 is 0 Å². The van der Waals surface area contributed by atoms with Crippen LogP contribution < -0.4 is 5.73 Å². The van der Waals surface area contributed by atoms with E-state index in [2.05, 4.69) is 50.0 Å². The van der Waals surface area contributed by atoms with Gasteiger partial charge in [-0.3, -0.25) is 4.98 Å². The molecule has 0 aliphatic carbocycles. The van der Waals surface area contributed by atoms with Gasteiger partial charge in [-0.1, -0.05) is 39.0 Å². The van der Waals surface area contributed by atoms with Gasteiger partial charge < -0.3 is 5.73 Å². The minimum absolute atomic E-state index is 0.161. The van der Waals surface area contributed by atoms with Gasteiger partial charge in [0.2, 0.25) is 0 Å². The van der Waals surface area contributed by atoms with Crippen LogP contribution in [0.2, 0.25) is 0 Å². The molecule has 1 aromatic heterocycles. The van der Waals surface area contributed by atoms with Gasteiger partial charge in [0, 0.05) is 11.9 Å². The molecule has 84 valence electrons. The molecule has 2 N–H and O–H groups in total. The molecule has 0 fully saturated rings. The van der Waals surface area contributed by atoms with Crippen LogP contribution in [-0.4, -0.2) is 4.98 Å². The van der Waals surface area contributed by atoms with E-state index >= 15 is 0 Å². The maximum absolute atomic E-state index is 5.60. The number of nitrogens with zero attached hydrogens (tertiary/aromatic N) is 1. The zero-order chi connectivity index (χ0) is 11.8. The van der Waals surface area contributed by atoms with Crippen LogP contribution >= 0.6 is 0 Å². The van der Waals surface area contributed by atoms with E-state index in [-0.39, 0.29) is 5.41 Å². The predicted molar refractivity (Wildman–Crippen MR) is 68.3 cm³/mol. The first-order chi connectivity index (χ1) is 7.50. The minimum Gasteiger partial charge on any atom is -0.325 e. The van der Waals surface area contributed by atoms with Gasteiger partial charge in [-0.2, -0.15) is 0 Å². The summed E-state index contributed by atoms with van der Waals surface area (Å²) in [5.74, 6) is 0. The van der Waals surface area contributed by atoms with E-state index in [9.17, 15) is 0 Å². The molecule has 0 radical (unpaired) electrons. The lowest BCUT2D eigenvalue weighted by molar-refractivity contribution is 0.591. The molecule has 1 heterocycles. The fourth-order valence-electron chi connectivity index (χ4n) is 1.74. The van der Waals surface area contributed by atoms with Crippen LogP contribution in [0.25, 0.3) is 10.9 Å². The van der Waals surface area contributed by atoms with Crippen LogP contribution in [0.4, 0.5) is 0 Å². The molecule has 2 nitrogen and oxygen atoms in total. The molecular weight excluding hydrogens is 196 g/mol. The average Bonchev–Trinajstić information content (AvgIpc) is 2.26. The van der Waals surface area contributed by atoms with E-state index in [1.807, 2.05) is 6.07 Å². The summed E-state index contributed by atoms with van der Waals surface area (Å²) in [6.07, 6.45) is 0. The van der Waals surface area contributed by atoms with Crippen molar-refractivity contribution in [3.05, 3.63) is 41.6 Å². The Hall–Kier alpha value is -1.41. The third-order valence-electron chi connectivity index (χ3n) is 2.82. The molecule has 0 saturated carbocycles. The number of benzene rings is 1. The van der Waals surface area contributed by atoms with Crippen LogP contribution in [0.15, 0.2) is 30.3 Å². The molecule has 16 heavy (non-hydrogen) atoms. The highest BCUT2D eigenvalue weighted by molar-refractivity contribution is 5.79. The van der Waals surface area contributed by atoms with Crippen molar-refractivity contribution in [1.82, 2.24) is 4.98 Å². The number of hydrogen-bond donors (Lipinski definition) is 1. The molecule has 2 aromatic rings. The van der Waals surface area contributed by atoms with Gasteiger partial charge in [0.15, 0.2) is 0 Å². The van der Waals surface area contributed by atoms with Gasteiger partial charge in [-0.05, 0) is 23.1 Å². The Morgan fingerprint density at radius 1 is 1.12 bits per heavy atom. The van der Waals surface area contributed by atoms with Gasteiger partial charge >= 0.3 is 0 Å². The molecule has 2 heteroatoms. The van der Waals surface area contributed by atoms with Crippen LogP contribution in [0.5, 0.6) is 0 Å². The lowest BCUT2D eigenvalue weighted by atomic mass is 9.86. The van der Waals surface area contributed by atoms with Crippen LogP contribution in [0.3, 0.4) is 0 Å². The lowest BCUT2D eigenvalue weighted by Crippen LogP contribution is -2.10. The summed E-state index contributed by atoms with van der Waals surface area (Å²) < 4.78 is 0. The van der Waals surface area contributed by atoms with Crippen molar-refractivity contribution in [2.75, 3.05) is 0 Å². The Balaban J connectivity index is 2.59. The maximum Gasteiger partial charge on any atom is 0.0708 e. The Kier molecular flexibility index (Phi) is 2.68. The quantitative estimate of drug-likeness (QED) is 0.792. The molecule has 0 bridgehead atoms. The Morgan fingerprint density at radius 2 is 1.81 bits per heavy atom. The first-order valence-corrected chi connectivity index (χ1v) is 5.61. The van der Waals surface area contributed by atoms with E-state index in [1.54, 1.807) is 0 Å². The summed E-state index contributed by atoms with van der Waals surface area (Å²) in [6, 6.07) is 10.5. The largest absolute Gasteiger partial charge is 0.325 e. The Labute approximate surface area is 96.5 Å². The molecule has 0 aliphatic rings. The van der Waals surface area contributed by atoms with Crippen molar-refractivity contribution in [3.63, 3.8) is 0 Å². The second-order valence-corrected chi connectivity index (χ2v) is 5.16. The SMILES string of the molecule is CC(C)(C)c1ccc2ccc(CN)nc2c1. The summed E-state index contributed by atoms with van der Waals surface area (Å²) in [6.45, 7) is 7.12. The number of hydrogen-bond acceptors (Lipinski definition) is 2. The van der Waals surface area contributed by atoms with Crippen molar-refractivity contribution >= 4 is 10.9 Å². The fraction of sp³-hybridized carbons (Fsp3) is 0.357. The summed E-state index contributed by atoms with van der Waals surface area (Å²) in [4.78, 5) is 4.54. The van der Waals surface area contributed by atoms with Gasteiger partial charge in [0.05, 0.1) is 11.2 Å². The van der Waals surface area contributed by atoms with Crippen molar-refractivity contribution in [3.8, 4) is 0 Å². The Morgan fingerprint density at radius 3 is 2.44 bits per heavy atom. The molecule has 2 rings (SSSR count). The molecule has 0 saturated heterocycles. The molecule has 1 aromatic carbocycles. The highest BCUT2D eigenvalue weighted by Gasteiger charge is 2.13. The fourth-order valence-corrected chi connectivity index (χ4v) is 1.74. The van der Waals surface area contributed by atoms with Crippen LogP contribution in [0.1, 0.15) is 32.0 Å². The van der Waals surface area contributed by atoms with Crippen molar-refractivity contribution in [2.24, 2.45) is 5.73 Å². The van der Waals surface area contributed by atoms with E-state index in [0.29, 0.717) is 6.54 Å². The summed E-state index contributed by atoms with van der Waals surface area (Å²) >= 11 is 0. The molecule has 0 unspecified atom stereocenters. The third-order valence-corrected chi connectivity index (χ3v) is 2.82. The molecule has 0 spiro atoms. The summed E-state index contributed by atoms with van der Waals surface area (Å²) in [7, 11) is 0. The van der Waals surface area contributed by atoms with Crippen molar-refractivity contribution in [2.45, 2.75) is 32.7 Å². The molecule has 0 aliphatic heterocycles. The third kappa shape index (κ3) is 2.07. The number of nitrogens with two attached hydrogens (primary N) is 1. The number of pyridine rings is 1. The van der Waals surface area contributed by atoms with Gasteiger partial charge in [0.25, 0.3) is 0 Å². The standard InChI is InChI=1S/C14H18N2/c1-14(2,3)11-6-4-10-5-7-12(9-15)16-13(10)8-11/h4-8H,9,15H2,1-3H3. The topological polar surface area (TPSA) is 38.9 Å².